The van der Waals surface area contributed by atoms with E-state index in [1.165, 1.54) is 19.5 Å². The molecule has 0 saturated heterocycles. The maximum Gasteiger partial charge on any atom is 0.376 e. The summed E-state index contributed by atoms with van der Waals surface area (Å²) in [6, 6.07) is 0. The van der Waals surface area contributed by atoms with Crippen molar-refractivity contribution in [2.24, 2.45) is 0 Å². The van der Waals surface area contributed by atoms with E-state index in [4.69, 9.17) is 5.11 Å². The molecule has 1 N–H and O–H groups in total. The molecule has 0 bridgehead atoms. The summed E-state index contributed by atoms with van der Waals surface area (Å²) in [5.74, 6) is -0.545. The van der Waals surface area contributed by atoms with E-state index in [1.807, 2.05) is 0 Å². The number of hydrogen-bond donors (Lipinski definition) is 1. The molecule has 0 fully saturated rings. The molecule has 5 nitrogen and oxygen atoms in total. The lowest BCUT2D eigenvalue weighted by molar-refractivity contribution is 0.0586. The van der Waals surface area contributed by atoms with Gasteiger partial charge in [0.1, 0.15) is 0 Å². The molecule has 0 radical (unpaired) electrons. The predicted octanol–water partition coefficient (Wildman–Crippen LogP) is 0.269. The van der Waals surface area contributed by atoms with E-state index in [0.29, 0.717) is 5.56 Å². The van der Waals surface area contributed by atoms with Gasteiger partial charge in [0, 0.05) is 18.0 Å². The van der Waals surface area contributed by atoms with Gasteiger partial charge in [0.05, 0.1) is 13.7 Å². The monoisotopic (exact) mass is 194 g/mol. The van der Waals surface area contributed by atoms with Crippen molar-refractivity contribution < 1.29 is 14.6 Å². The van der Waals surface area contributed by atoms with E-state index in [2.05, 4.69) is 14.7 Å². The SMILES string of the molecule is COC(=O)c1ncc(C=CCO)cn1. The molecular formula is C9H10N2O3. The number of aliphatic hydroxyl groups is 1. The molecule has 0 aliphatic heterocycles. The number of nitrogens with zero attached hydrogens (tertiary/aromatic N) is 2. The standard InChI is InChI=1S/C9H10N2O3/c1-14-9(13)8-10-5-7(6-11-8)3-2-4-12/h2-3,5-6,12H,4H2,1H3. The number of hydrogen-bond acceptors (Lipinski definition) is 5. The molecule has 1 rings (SSSR count). The summed E-state index contributed by atoms with van der Waals surface area (Å²) in [5.41, 5.74) is 0.715. The minimum atomic E-state index is -0.567. The van der Waals surface area contributed by atoms with E-state index in [0.717, 1.165) is 0 Å². The first-order valence-electron chi connectivity index (χ1n) is 3.95. The number of aromatic nitrogens is 2. The maximum atomic E-state index is 10.9. The third-order valence-electron chi connectivity index (χ3n) is 1.46. The van der Waals surface area contributed by atoms with Crippen LogP contribution in [0.5, 0.6) is 0 Å². The van der Waals surface area contributed by atoms with Crippen molar-refractivity contribution in [3.63, 3.8) is 0 Å². The second-order valence-corrected chi connectivity index (χ2v) is 2.42. The Morgan fingerprint density at radius 1 is 1.57 bits per heavy atom. The highest BCUT2D eigenvalue weighted by atomic mass is 16.5. The second-order valence-electron chi connectivity index (χ2n) is 2.42. The first kappa shape index (κ1) is 10.3. The maximum absolute atomic E-state index is 10.9. The van der Waals surface area contributed by atoms with Crippen LogP contribution in [0.1, 0.15) is 16.2 Å². The Labute approximate surface area is 81.1 Å². The Bertz CT molecular complexity index is 332. The largest absolute Gasteiger partial charge is 0.463 e. The Kier molecular flexibility index (Phi) is 3.75. The zero-order chi connectivity index (χ0) is 10.4. The van der Waals surface area contributed by atoms with Gasteiger partial charge in [-0.3, -0.25) is 0 Å². The molecule has 0 aliphatic rings. The van der Waals surface area contributed by atoms with Gasteiger partial charge >= 0.3 is 5.97 Å². The topological polar surface area (TPSA) is 72.3 Å². The fraction of sp³-hybridized carbons (Fsp3) is 0.222. The van der Waals surface area contributed by atoms with Gasteiger partial charge in [-0.15, -0.1) is 0 Å². The number of carbonyl (C=O) groups is 1. The highest BCUT2D eigenvalue weighted by Crippen LogP contribution is 1.99. The van der Waals surface area contributed by atoms with E-state index < -0.39 is 5.97 Å². The minimum Gasteiger partial charge on any atom is -0.463 e. The van der Waals surface area contributed by atoms with Crippen molar-refractivity contribution in [2.75, 3.05) is 13.7 Å². The summed E-state index contributed by atoms with van der Waals surface area (Å²) >= 11 is 0. The van der Waals surface area contributed by atoms with Crippen LogP contribution < -0.4 is 0 Å². The molecule has 0 aromatic carbocycles. The molecule has 5 heteroatoms. The molecule has 0 aliphatic carbocycles. The van der Waals surface area contributed by atoms with Crippen molar-refractivity contribution in [1.29, 1.82) is 0 Å². The molecule has 0 saturated carbocycles. The van der Waals surface area contributed by atoms with Crippen LogP contribution in [0.2, 0.25) is 0 Å². The number of ether oxygens (including phenoxy) is 1. The van der Waals surface area contributed by atoms with Crippen LogP contribution in [0.3, 0.4) is 0 Å². The molecule has 1 heterocycles. The Morgan fingerprint density at radius 2 is 2.21 bits per heavy atom. The molecule has 0 unspecified atom stereocenters. The van der Waals surface area contributed by atoms with E-state index in [-0.39, 0.29) is 12.4 Å². The van der Waals surface area contributed by atoms with Crippen LogP contribution >= 0.6 is 0 Å². The van der Waals surface area contributed by atoms with Crippen molar-refractivity contribution in [1.82, 2.24) is 9.97 Å². The normalized spacial score (nSPS) is 10.4. The van der Waals surface area contributed by atoms with Crippen molar-refractivity contribution in [3.05, 3.63) is 29.9 Å². The van der Waals surface area contributed by atoms with Crippen LogP contribution in [-0.4, -0.2) is 34.8 Å². The van der Waals surface area contributed by atoms with Gasteiger partial charge in [-0.25, -0.2) is 14.8 Å². The van der Waals surface area contributed by atoms with Gasteiger partial charge in [-0.1, -0.05) is 12.2 Å². The first-order valence-corrected chi connectivity index (χ1v) is 3.95. The quantitative estimate of drug-likeness (QED) is 0.699. The van der Waals surface area contributed by atoms with Gasteiger partial charge < -0.3 is 9.84 Å². The van der Waals surface area contributed by atoms with Crippen molar-refractivity contribution in [2.45, 2.75) is 0 Å². The number of aliphatic hydroxyl groups excluding tert-OH is 1. The Morgan fingerprint density at radius 3 is 2.71 bits per heavy atom. The number of esters is 1. The zero-order valence-electron chi connectivity index (χ0n) is 7.67. The Balaban J connectivity index is 2.78. The molecule has 0 amide bonds. The summed E-state index contributed by atoms with van der Waals surface area (Å²) in [7, 11) is 1.27. The smallest absolute Gasteiger partial charge is 0.376 e. The van der Waals surface area contributed by atoms with Crippen LogP contribution in [0, 0.1) is 0 Å². The summed E-state index contributed by atoms with van der Waals surface area (Å²) in [4.78, 5) is 18.5. The first-order chi connectivity index (χ1) is 6.77. The molecule has 14 heavy (non-hydrogen) atoms. The van der Waals surface area contributed by atoms with Crippen LogP contribution in [0.15, 0.2) is 18.5 Å². The third-order valence-corrected chi connectivity index (χ3v) is 1.46. The van der Waals surface area contributed by atoms with Gasteiger partial charge in [0.2, 0.25) is 5.82 Å². The van der Waals surface area contributed by atoms with E-state index in [1.54, 1.807) is 12.2 Å². The lowest BCUT2D eigenvalue weighted by atomic mass is 10.3. The highest BCUT2D eigenvalue weighted by Gasteiger charge is 2.06. The lowest BCUT2D eigenvalue weighted by Gasteiger charge is -1.96. The highest BCUT2D eigenvalue weighted by molar-refractivity contribution is 5.84. The Hall–Kier alpha value is -1.75. The molecule has 0 atom stereocenters. The molecule has 74 valence electrons. The molecule has 1 aromatic heterocycles. The predicted molar refractivity (Wildman–Crippen MR) is 49.5 cm³/mol. The second kappa shape index (κ2) is 5.08. The average molecular weight is 194 g/mol. The molecule has 1 aromatic rings. The van der Waals surface area contributed by atoms with Crippen molar-refractivity contribution in [3.8, 4) is 0 Å². The average Bonchev–Trinajstić information content (AvgIpc) is 2.26. The van der Waals surface area contributed by atoms with Crippen molar-refractivity contribution >= 4 is 12.0 Å². The van der Waals surface area contributed by atoms with Crippen LogP contribution in [0.25, 0.3) is 6.08 Å². The molecule has 0 spiro atoms. The minimum absolute atomic E-state index is 0.0219. The summed E-state index contributed by atoms with van der Waals surface area (Å²) in [6.07, 6.45) is 6.16. The number of carbonyl (C=O) groups excluding carboxylic acids is 1. The van der Waals surface area contributed by atoms with Gasteiger partial charge in [-0.2, -0.15) is 0 Å². The lowest BCUT2D eigenvalue weighted by Crippen LogP contribution is -2.06. The third kappa shape index (κ3) is 2.63. The fourth-order valence-corrected chi connectivity index (χ4v) is 0.810. The van der Waals surface area contributed by atoms with Crippen LogP contribution in [0.4, 0.5) is 0 Å². The van der Waals surface area contributed by atoms with Crippen LogP contribution in [-0.2, 0) is 4.74 Å². The fourth-order valence-electron chi connectivity index (χ4n) is 0.810. The van der Waals surface area contributed by atoms with E-state index >= 15 is 0 Å². The van der Waals surface area contributed by atoms with Gasteiger partial charge in [-0.05, 0) is 0 Å². The summed E-state index contributed by atoms with van der Waals surface area (Å²) in [6.45, 7) is -0.0429. The zero-order valence-corrected chi connectivity index (χ0v) is 7.67. The number of methoxy groups -OCH3 is 1. The summed E-state index contributed by atoms with van der Waals surface area (Å²) < 4.78 is 4.44. The summed E-state index contributed by atoms with van der Waals surface area (Å²) in [5, 5.41) is 8.51. The molecular weight excluding hydrogens is 184 g/mol. The number of rotatable bonds is 3. The van der Waals surface area contributed by atoms with Gasteiger partial charge in [0.25, 0.3) is 0 Å². The van der Waals surface area contributed by atoms with E-state index in [9.17, 15) is 4.79 Å². The van der Waals surface area contributed by atoms with Gasteiger partial charge in [0.15, 0.2) is 0 Å².